The van der Waals surface area contributed by atoms with Crippen molar-refractivity contribution in [3.8, 4) is 23.0 Å². The van der Waals surface area contributed by atoms with Gasteiger partial charge in [-0.25, -0.2) is 4.39 Å². The molecular formula is C22H17ClFN5O2. The molecule has 7 nitrogen and oxygen atoms in total. The molecule has 2 aromatic carbocycles. The standard InChI is InChI=1S/C22H17ClFN5O2/c1-28-18-9-10-29(22(30)13-5-7-15(23)8-6-13)12-17(18)19(26-28)21-25-20(27-31-21)14-3-2-4-16(24)11-14/h2-8,11H,9-10,12H2,1H3. The molecule has 156 valence electrons. The number of carbonyl (C=O) groups excluding carboxylic acids is 1. The van der Waals surface area contributed by atoms with E-state index in [4.69, 9.17) is 16.1 Å². The molecule has 0 fully saturated rings. The molecule has 31 heavy (non-hydrogen) atoms. The smallest absolute Gasteiger partial charge is 0.279 e. The van der Waals surface area contributed by atoms with Crippen molar-refractivity contribution in [2.24, 2.45) is 7.05 Å². The number of fused-ring (bicyclic) bond motifs is 1. The molecule has 0 N–H and O–H groups in total. The van der Waals surface area contributed by atoms with Crippen LogP contribution in [0.3, 0.4) is 0 Å². The van der Waals surface area contributed by atoms with E-state index >= 15 is 0 Å². The summed E-state index contributed by atoms with van der Waals surface area (Å²) in [4.78, 5) is 19.1. The second-order valence-corrected chi connectivity index (χ2v) is 7.75. The van der Waals surface area contributed by atoms with Gasteiger partial charge in [0.05, 0.1) is 6.54 Å². The van der Waals surface area contributed by atoms with Gasteiger partial charge in [0.1, 0.15) is 5.82 Å². The first-order valence-corrected chi connectivity index (χ1v) is 10.1. The molecule has 1 amide bonds. The SMILES string of the molecule is Cn1nc(-c2nc(-c3cccc(F)c3)no2)c2c1CCN(C(=O)c1ccc(Cl)cc1)C2. The summed E-state index contributed by atoms with van der Waals surface area (Å²) in [6, 6.07) is 12.8. The van der Waals surface area contributed by atoms with Crippen molar-refractivity contribution in [2.45, 2.75) is 13.0 Å². The first-order chi connectivity index (χ1) is 15.0. The molecule has 1 aliphatic heterocycles. The van der Waals surface area contributed by atoms with Gasteiger partial charge in [-0.05, 0) is 36.4 Å². The number of hydrogen-bond acceptors (Lipinski definition) is 5. The summed E-state index contributed by atoms with van der Waals surface area (Å²) in [5, 5.41) is 9.11. The lowest BCUT2D eigenvalue weighted by atomic mass is 10.0. The topological polar surface area (TPSA) is 77.1 Å². The fourth-order valence-electron chi connectivity index (χ4n) is 3.78. The number of aryl methyl sites for hydroxylation is 1. The van der Waals surface area contributed by atoms with Crippen LogP contribution in [0.2, 0.25) is 5.02 Å². The van der Waals surface area contributed by atoms with E-state index in [0.717, 1.165) is 11.3 Å². The molecule has 9 heteroatoms. The Morgan fingerprint density at radius 1 is 1.19 bits per heavy atom. The third kappa shape index (κ3) is 3.59. The number of amides is 1. The fraction of sp³-hybridized carbons (Fsp3) is 0.182. The molecule has 0 aliphatic carbocycles. The molecule has 0 bridgehead atoms. The summed E-state index contributed by atoms with van der Waals surface area (Å²) in [5.41, 5.74) is 3.50. The van der Waals surface area contributed by atoms with Gasteiger partial charge in [-0.3, -0.25) is 9.48 Å². The molecule has 0 saturated carbocycles. The van der Waals surface area contributed by atoms with E-state index in [0.29, 0.717) is 41.4 Å². The number of nitrogens with zero attached hydrogens (tertiary/aromatic N) is 5. The highest BCUT2D eigenvalue weighted by Gasteiger charge is 2.30. The average molecular weight is 438 g/mol. The summed E-state index contributed by atoms with van der Waals surface area (Å²) in [6.45, 7) is 0.948. The summed E-state index contributed by atoms with van der Waals surface area (Å²) in [6.07, 6.45) is 0.656. The van der Waals surface area contributed by atoms with Crippen molar-refractivity contribution in [1.29, 1.82) is 0 Å². The molecule has 2 aromatic heterocycles. The number of rotatable bonds is 3. The lowest BCUT2D eigenvalue weighted by Crippen LogP contribution is -2.36. The number of halogens is 2. The van der Waals surface area contributed by atoms with Crippen LogP contribution in [0.5, 0.6) is 0 Å². The Bertz CT molecular complexity index is 1280. The predicted octanol–water partition coefficient (Wildman–Crippen LogP) is 4.13. The monoisotopic (exact) mass is 437 g/mol. The fourth-order valence-corrected chi connectivity index (χ4v) is 3.90. The largest absolute Gasteiger partial charge is 0.334 e. The zero-order chi connectivity index (χ0) is 21.5. The van der Waals surface area contributed by atoms with Gasteiger partial charge in [-0.2, -0.15) is 10.1 Å². The maximum Gasteiger partial charge on any atom is 0.279 e. The van der Waals surface area contributed by atoms with Gasteiger partial charge in [0.2, 0.25) is 5.82 Å². The lowest BCUT2D eigenvalue weighted by molar-refractivity contribution is 0.0733. The van der Waals surface area contributed by atoms with Crippen LogP contribution in [0.1, 0.15) is 21.6 Å². The zero-order valence-electron chi connectivity index (χ0n) is 16.5. The quantitative estimate of drug-likeness (QED) is 0.481. The van der Waals surface area contributed by atoms with E-state index in [-0.39, 0.29) is 23.4 Å². The van der Waals surface area contributed by atoms with E-state index in [1.807, 2.05) is 7.05 Å². The summed E-state index contributed by atoms with van der Waals surface area (Å²) in [7, 11) is 1.85. The molecule has 0 radical (unpaired) electrons. The van der Waals surface area contributed by atoms with Crippen LogP contribution in [0, 0.1) is 5.82 Å². The minimum atomic E-state index is -0.379. The average Bonchev–Trinajstić information content (AvgIpc) is 3.39. The summed E-state index contributed by atoms with van der Waals surface area (Å²) in [5.74, 6) is 0.0502. The van der Waals surface area contributed by atoms with E-state index in [1.165, 1.54) is 12.1 Å². The minimum absolute atomic E-state index is 0.0805. The zero-order valence-corrected chi connectivity index (χ0v) is 17.3. The van der Waals surface area contributed by atoms with Gasteiger partial charge in [0, 0.05) is 47.4 Å². The Labute approximate surface area is 182 Å². The Balaban J connectivity index is 1.46. The number of aromatic nitrogens is 4. The molecule has 1 aliphatic rings. The van der Waals surface area contributed by atoms with Crippen molar-refractivity contribution in [3.63, 3.8) is 0 Å². The molecule has 0 unspecified atom stereocenters. The molecule has 0 atom stereocenters. The number of benzene rings is 2. The number of carbonyl (C=O) groups is 1. The molecular weight excluding hydrogens is 421 g/mol. The van der Waals surface area contributed by atoms with Gasteiger partial charge in [0.25, 0.3) is 11.8 Å². The van der Waals surface area contributed by atoms with E-state index in [9.17, 15) is 9.18 Å². The molecule has 3 heterocycles. The van der Waals surface area contributed by atoms with Gasteiger partial charge in [-0.15, -0.1) is 0 Å². The van der Waals surface area contributed by atoms with Gasteiger partial charge in [-0.1, -0.05) is 28.9 Å². The summed E-state index contributed by atoms with van der Waals surface area (Å²) < 4.78 is 20.8. The molecule has 0 saturated heterocycles. The Morgan fingerprint density at radius 2 is 2.00 bits per heavy atom. The van der Waals surface area contributed by atoms with Crippen LogP contribution < -0.4 is 0 Å². The molecule has 4 aromatic rings. The van der Waals surface area contributed by atoms with Gasteiger partial charge in [0.15, 0.2) is 5.69 Å². The predicted molar refractivity (Wildman–Crippen MR) is 112 cm³/mol. The van der Waals surface area contributed by atoms with Crippen molar-refractivity contribution in [3.05, 3.63) is 76.2 Å². The third-order valence-electron chi connectivity index (χ3n) is 5.33. The lowest BCUT2D eigenvalue weighted by Gasteiger charge is -2.27. The first kappa shape index (κ1) is 19.4. The van der Waals surface area contributed by atoms with Gasteiger partial charge < -0.3 is 9.42 Å². The van der Waals surface area contributed by atoms with Crippen LogP contribution in [0.4, 0.5) is 4.39 Å². The van der Waals surface area contributed by atoms with E-state index in [1.54, 1.807) is 46.0 Å². The van der Waals surface area contributed by atoms with Crippen LogP contribution in [-0.4, -0.2) is 37.3 Å². The van der Waals surface area contributed by atoms with E-state index < -0.39 is 0 Å². The van der Waals surface area contributed by atoms with Crippen LogP contribution in [0.25, 0.3) is 23.0 Å². The van der Waals surface area contributed by atoms with Crippen LogP contribution in [0.15, 0.2) is 53.1 Å². The van der Waals surface area contributed by atoms with E-state index in [2.05, 4.69) is 15.2 Å². The highest BCUT2D eigenvalue weighted by Crippen LogP contribution is 2.31. The highest BCUT2D eigenvalue weighted by atomic mass is 35.5. The normalized spacial score (nSPS) is 13.3. The molecule has 5 rings (SSSR count). The Morgan fingerprint density at radius 3 is 2.77 bits per heavy atom. The van der Waals surface area contributed by atoms with Gasteiger partial charge >= 0.3 is 0 Å². The van der Waals surface area contributed by atoms with Crippen LogP contribution >= 0.6 is 11.6 Å². The maximum absolute atomic E-state index is 13.5. The Kier molecular flexibility index (Phi) is 4.78. The number of hydrogen-bond donors (Lipinski definition) is 0. The minimum Gasteiger partial charge on any atom is -0.334 e. The van der Waals surface area contributed by atoms with Crippen LogP contribution in [-0.2, 0) is 20.0 Å². The maximum atomic E-state index is 13.5. The van der Waals surface area contributed by atoms with Crippen molar-refractivity contribution < 1.29 is 13.7 Å². The van der Waals surface area contributed by atoms with Crippen molar-refractivity contribution in [2.75, 3.05) is 6.54 Å². The second-order valence-electron chi connectivity index (χ2n) is 7.31. The first-order valence-electron chi connectivity index (χ1n) is 9.69. The Hall–Kier alpha value is -3.52. The summed E-state index contributed by atoms with van der Waals surface area (Å²) >= 11 is 5.94. The molecule has 0 spiro atoms. The third-order valence-corrected chi connectivity index (χ3v) is 5.58. The second kappa shape index (κ2) is 7.63. The van der Waals surface area contributed by atoms with Crippen molar-refractivity contribution in [1.82, 2.24) is 24.8 Å². The highest BCUT2D eigenvalue weighted by molar-refractivity contribution is 6.30. The van der Waals surface area contributed by atoms with Crippen molar-refractivity contribution >= 4 is 17.5 Å².